The lowest BCUT2D eigenvalue weighted by Crippen LogP contribution is -2.19. The first-order valence-electron chi connectivity index (χ1n) is 8.49. The second-order valence-corrected chi connectivity index (χ2v) is 7.66. The van der Waals surface area contributed by atoms with Crippen LogP contribution in [-0.2, 0) is 4.79 Å². The van der Waals surface area contributed by atoms with Crippen molar-refractivity contribution >= 4 is 28.1 Å². The average Bonchev–Trinajstić information content (AvgIpc) is 2.71. The summed E-state index contributed by atoms with van der Waals surface area (Å²) in [4.78, 5) is 11.8. The Morgan fingerprint density at radius 3 is 2.36 bits per heavy atom. The van der Waals surface area contributed by atoms with Gasteiger partial charge in [-0.15, -0.1) is 0 Å². The molecule has 0 saturated heterocycles. The summed E-state index contributed by atoms with van der Waals surface area (Å²) in [6.07, 6.45) is 2.19. The smallest absolute Gasteiger partial charge is 0.240 e. The van der Waals surface area contributed by atoms with E-state index in [1.807, 2.05) is 13.8 Å². The highest BCUT2D eigenvalue weighted by Crippen LogP contribution is 2.32. The number of carbonyl (C=O) groups excluding carboxylic acids is 1. The molecule has 2 aromatic rings. The number of amides is 1. The van der Waals surface area contributed by atoms with Crippen molar-refractivity contribution in [3.05, 3.63) is 50.8 Å². The Labute approximate surface area is 158 Å². The normalized spacial score (nSPS) is 11.5. The van der Waals surface area contributed by atoms with Gasteiger partial charge in [0.25, 0.3) is 0 Å². The van der Waals surface area contributed by atoms with E-state index in [9.17, 15) is 4.79 Å². The molecule has 0 aliphatic carbocycles. The molecule has 1 amide bonds. The van der Waals surface area contributed by atoms with Crippen molar-refractivity contribution in [2.45, 2.75) is 48.0 Å². The molecule has 134 valence electrons. The van der Waals surface area contributed by atoms with Crippen LogP contribution in [0.2, 0.25) is 0 Å². The predicted molar refractivity (Wildman–Crippen MR) is 108 cm³/mol. The maximum Gasteiger partial charge on any atom is 0.240 e. The number of carbonyl (C=O) groups is 1. The quantitative estimate of drug-likeness (QED) is 0.555. The van der Waals surface area contributed by atoms with Gasteiger partial charge in [0.05, 0.1) is 11.9 Å². The Morgan fingerprint density at radius 1 is 1.20 bits per heavy atom. The van der Waals surface area contributed by atoms with E-state index in [0.29, 0.717) is 12.3 Å². The fraction of sp³-hybridized carbons (Fsp3) is 0.400. The molecule has 4 nitrogen and oxygen atoms in total. The third-order valence-corrected chi connectivity index (χ3v) is 5.26. The molecule has 2 rings (SSSR count). The van der Waals surface area contributed by atoms with E-state index < -0.39 is 0 Å². The first-order valence-corrected chi connectivity index (χ1v) is 9.29. The lowest BCUT2D eigenvalue weighted by Gasteiger charge is -2.15. The van der Waals surface area contributed by atoms with Crippen molar-refractivity contribution in [3.8, 4) is 5.69 Å². The molecule has 25 heavy (non-hydrogen) atoms. The molecule has 0 saturated carbocycles. The van der Waals surface area contributed by atoms with Crippen molar-refractivity contribution < 1.29 is 4.79 Å². The summed E-state index contributed by atoms with van der Waals surface area (Å²) in [6.45, 7) is 12.4. The highest BCUT2D eigenvalue weighted by Gasteiger charge is 2.18. The number of rotatable bonds is 5. The van der Waals surface area contributed by atoms with Gasteiger partial charge in [-0.2, -0.15) is 5.10 Å². The zero-order valence-electron chi connectivity index (χ0n) is 15.8. The van der Waals surface area contributed by atoms with Crippen LogP contribution >= 0.6 is 15.9 Å². The van der Waals surface area contributed by atoms with Crippen molar-refractivity contribution in [2.24, 2.45) is 11.0 Å². The zero-order chi connectivity index (χ0) is 18.7. The topological polar surface area (TPSA) is 46.4 Å². The van der Waals surface area contributed by atoms with Gasteiger partial charge in [-0.05, 0) is 60.7 Å². The molecule has 1 aromatic heterocycles. The molecule has 0 aliphatic heterocycles. The van der Waals surface area contributed by atoms with Gasteiger partial charge in [0.2, 0.25) is 5.91 Å². The largest absolute Gasteiger partial charge is 0.316 e. The van der Waals surface area contributed by atoms with Crippen LogP contribution in [0.15, 0.2) is 27.8 Å². The van der Waals surface area contributed by atoms with Crippen LogP contribution in [0.5, 0.6) is 0 Å². The average molecular weight is 404 g/mol. The lowest BCUT2D eigenvalue weighted by atomic mass is 10.1. The number of nitrogens with one attached hydrogen (secondary N) is 1. The van der Waals surface area contributed by atoms with Crippen LogP contribution in [0.25, 0.3) is 5.69 Å². The van der Waals surface area contributed by atoms with E-state index in [4.69, 9.17) is 0 Å². The minimum absolute atomic E-state index is 0.0640. The predicted octanol–water partition coefficient (Wildman–Crippen LogP) is 4.97. The Bertz CT molecular complexity index is 799. The van der Waals surface area contributed by atoms with Crippen LogP contribution in [-0.4, -0.2) is 16.7 Å². The molecule has 0 bridgehead atoms. The Hall–Kier alpha value is -1.88. The van der Waals surface area contributed by atoms with Gasteiger partial charge in [0.15, 0.2) is 0 Å². The van der Waals surface area contributed by atoms with Gasteiger partial charge in [0, 0.05) is 27.8 Å². The van der Waals surface area contributed by atoms with Gasteiger partial charge in [-0.25, -0.2) is 5.43 Å². The standard InChI is InChI=1S/C20H26BrN3O/c1-12(2)10-18(25)23-22-11-17-15(5)24(16(6)19(17)21)20-13(3)8-7-9-14(20)4/h7-9,11-12H,10H2,1-6H3,(H,23,25)/b22-11-. The Morgan fingerprint density at radius 2 is 1.80 bits per heavy atom. The van der Waals surface area contributed by atoms with Crippen LogP contribution < -0.4 is 5.43 Å². The number of nitrogens with zero attached hydrogens (tertiary/aromatic N) is 2. The number of hydrogen-bond acceptors (Lipinski definition) is 2. The number of hydrazone groups is 1. The first-order chi connectivity index (χ1) is 11.7. The third kappa shape index (κ3) is 4.21. The number of hydrogen-bond donors (Lipinski definition) is 1. The number of aromatic nitrogens is 1. The molecular formula is C20H26BrN3O. The molecule has 0 radical (unpaired) electrons. The Kier molecular flexibility index (Phi) is 6.22. The minimum atomic E-state index is -0.0640. The van der Waals surface area contributed by atoms with Crippen LogP contribution in [0.1, 0.15) is 48.3 Å². The molecule has 0 spiro atoms. The van der Waals surface area contributed by atoms with Gasteiger partial charge < -0.3 is 4.57 Å². The highest BCUT2D eigenvalue weighted by atomic mass is 79.9. The zero-order valence-corrected chi connectivity index (χ0v) is 17.4. The summed E-state index contributed by atoms with van der Waals surface area (Å²) < 4.78 is 3.24. The van der Waals surface area contributed by atoms with Crippen LogP contribution in [0, 0.1) is 33.6 Å². The lowest BCUT2D eigenvalue weighted by molar-refractivity contribution is -0.121. The monoisotopic (exact) mass is 403 g/mol. The summed E-state index contributed by atoms with van der Waals surface area (Å²) in [5.41, 5.74) is 9.43. The molecular weight excluding hydrogens is 378 g/mol. The number of benzene rings is 1. The fourth-order valence-corrected chi connectivity index (χ4v) is 3.62. The summed E-state index contributed by atoms with van der Waals surface area (Å²) in [7, 11) is 0. The third-order valence-electron chi connectivity index (χ3n) is 4.25. The number of aryl methyl sites for hydroxylation is 2. The SMILES string of the molecule is Cc1cccc(C)c1-n1c(C)c(Br)c(/C=N\NC(=O)CC(C)C)c1C. The minimum Gasteiger partial charge on any atom is -0.316 e. The molecule has 0 unspecified atom stereocenters. The van der Waals surface area contributed by atoms with E-state index in [1.54, 1.807) is 6.21 Å². The maximum absolute atomic E-state index is 11.8. The number of halogens is 1. The second-order valence-electron chi connectivity index (χ2n) is 6.87. The van der Waals surface area contributed by atoms with Crippen molar-refractivity contribution in [3.63, 3.8) is 0 Å². The Balaban J connectivity index is 2.39. The summed E-state index contributed by atoms with van der Waals surface area (Å²) in [5.74, 6) is 0.252. The van der Waals surface area contributed by atoms with Crippen LogP contribution in [0.4, 0.5) is 0 Å². The highest BCUT2D eigenvalue weighted by molar-refractivity contribution is 9.10. The van der Waals surface area contributed by atoms with Crippen molar-refractivity contribution in [1.82, 2.24) is 9.99 Å². The first kappa shape index (κ1) is 19.4. The van der Waals surface area contributed by atoms with Gasteiger partial charge in [0.1, 0.15) is 0 Å². The fourth-order valence-electron chi connectivity index (χ4n) is 3.05. The second kappa shape index (κ2) is 8.00. The molecule has 0 aliphatic rings. The molecule has 1 N–H and O–H groups in total. The van der Waals surface area contributed by atoms with E-state index in [0.717, 1.165) is 21.4 Å². The summed E-state index contributed by atoms with van der Waals surface area (Å²) in [5, 5.41) is 4.14. The van der Waals surface area contributed by atoms with E-state index >= 15 is 0 Å². The summed E-state index contributed by atoms with van der Waals surface area (Å²) in [6, 6.07) is 6.31. The molecule has 1 aromatic carbocycles. The van der Waals surface area contributed by atoms with E-state index in [2.05, 4.69) is 76.9 Å². The number of para-hydroxylation sites is 1. The molecule has 0 atom stereocenters. The molecule has 1 heterocycles. The van der Waals surface area contributed by atoms with E-state index in [1.165, 1.54) is 16.8 Å². The van der Waals surface area contributed by atoms with Crippen molar-refractivity contribution in [1.29, 1.82) is 0 Å². The molecule has 5 heteroatoms. The van der Waals surface area contributed by atoms with Gasteiger partial charge >= 0.3 is 0 Å². The van der Waals surface area contributed by atoms with Crippen LogP contribution in [0.3, 0.4) is 0 Å². The summed E-state index contributed by atoms with van der Waals surface area (Å²) >= 11 is 3.68. The van der Waals surface area contributed by atoms with E-state index in [-0.39, 0.29) is 5.91 Å². The van der Waals surface area contributed by atoms with Crippen molar-refractivity contribution in [2.75, 3.05) is 0 Å². The van der Waals surface area contributed by atoms with Gasteiger partial charge in [-0.3, -0.25) is 4.79 Å². The van der Waals surface area contributed by atoms with Gasteiger partial charge in [-0.1, -0.05) is 32.0 Å². The molecule has 0 fully saturated rings. The maximum atomic E-state index is 11.8.